The van der Waals surface area contributed by atoms with Gasteiger partial charge in [-0.1, -0.05) is 0 Å². The molecular formula is C11H10N4O2. The monoisotopic (exact) mass is 230 g/mol. The maximum Gasteiger partial charge on any atom is 0.376 e. The predicted molar refractivity (Wildman–Crippen MR) is 59.1 cm³/mol. The first-order valence-corrected chi connectivity index (χ1v) is 4.89. The van der Waals surface area contributed by atoms with Crippen molar-refractivity contribution >= 4 is 5.97 Å². The van der Waals surface area contributed by atoms with Crippen LogP contribution in [0, 0.1) is 6.92 Å². The van der Waals surface area contributed by atoms with Gasteiger partial charge < -0.3 is 4.74 Å². The molecule has 0 spiro atoms. The molecule has 0 aliphatic rings. The molecule has 2 aromatic rings. The third-order valence-electron chi connectivity index (χ3n) is 2.17. The fourth-order valence-electron chi connectivity index (χ4n) is 1.35. The van der Waals surface area contributed by atoms with E-state index >= 15 is 0 Å². The molecule has 0 radical (unpaired) electrons. The van der Waals surface area contributed by atoms with Gasteiger partial charge in [0.15, 0.2) is 0 Å². The van der Waals surface area contributed by atoms with Gasteiger partial charge in [0.05, 0.1) is 12.8 Å². The first kappa shape index (κ1) is 11.1. The fourth-order valence-corrected chi connectivity index (χ4v) is 1.35. The van der Waals surface area contributed by atoms with Crippen LogP contribution in [0.3, 0.4) is 0 Å². The molecule has 17 heavy (non-hydrogen) atoms. The minimum atomic E-state index is -0.567. The lowest BCUT2D eigenvalue weighted by molar-refractivity contribution is 0.0587. The molecule has 0 unspecified atom stereocenters. The normalized spacial score (nSPS) is 10.0. The van der Waals surface area contributed by atoms with Crippen LogP contribution in [0.1, 0.15) is 16.2 Å². The average Bonchev–Trinajstić information content (AvgIpc) is 2.39. The molecule has 2 heterocycles. The van der Waals surface area contributed by atoms with Crippen LogP contribution in [0.2, 0.25) is 0 Å². The van der Waals surface area contributed by atoms with E-state index in [1.807, 2.05) is 6.92 Å². The van der Waals surface area contributed by atoms with E-state index in [9.17, 15) is 4.79 Å². The van der Waals surface area contributed by atoms with Crippen molar-refractivity contribution in [2.45, 2.75) is 6.92 Å². The highest BCUT2D eigenvalue weighted by Crippen LogP contribution is 2.18. The third-order valence-corrected chi connectivity index (χ3v) is 2.17. The van der Waals surface area contributed by atoms with Crippen LogP contribution >= 0.6 is 0 Å². The number of carbonyl (C=O) groups excluding carboxylic acids is 1. The van der Waals surface area contributed by atoms with Crippen molar-refractivity contribution < 1.29 is 9.53 Å². The highest BCUT2D eigenvalue weighted by Gasteiger charge is 2.13. The Balaban J connectivity index is 2.50. The number of nitrogens with zero attached hydrogens (tertiary/aromatic N) is 4. The van der Waals surface area contributed by atoms with Crippen LogP contribution in [0.25, 0.3) is 11.3 Å². The Morgan fingerprint density at radius 1 is 1.24 bits per heavy atom. The van der Waals surface area contributed by atoms with Crippen LogP contribution in [-0.4, -0.2) is 33.0 Å². The van der Waals surface area contributed by atoms with E-state index in [0.717, 1.165) is 11.1 Å². The van der Waals surface area contributed by atoms with E-state index in [2.05, 4.69) is 24.7 Å². The van der Waals surface area contributed by atoms with Gasteiger partial charge in [0.2, 0.25) is 5.82 Å². The summed E-state index contributed by atoms with van der Waals surface area (Å²) in [5.41, 5.74) is 2.20. The number of aromatic nitrogens is 4. The van der Waals surface area contributed by atoms with Gasteiger partial charge in [-0.15, -0.1) is 0 Å². The van der Waals surface area contributed by atoms with Crippen molar-refractivity contribution in [1.29, 1.82) is 0 Å². The Kier molecular flexibility index (Phi) is 3.04. The van der Waals surface area contributed by atoms with Crippen LogP contribution < -0.4 is 0 Å². The highest BCUT2D eigenvalue weighted by molar-refractivity contribution is 5.85. The minimum Gasteiger partial charge on any atom is -0.463 e. The van der Waals surface area contributed by atoms with E-state index in [1.54, 1.807) is 18.6 Å². The van der Waals surface area contributed by atoms with Crippen molar-refractivity contribution in [3.05, 3.63) is 36.3 Å². The minimum absolute atomic E-state index is 0.0250. The second-order valence-corrected chi connectivity index (χ2v) is 3.34. The van der Waals surface area contributed by atoms with Crippen molar-refractivity contribution in [3.8, 4) is 11.3 Å². The molecule has 0 saturated carbocycles. The standard InChI is InChI=1S/C11H10N4O2/c1-7-3-14-10(11(16)17-2)15-9(7)8-4-12-6-13-5-8/h3-6H,1-2H3. The number of ether oxygens (including phenoxy) is 1. The Hall–Kier alpha value is -2.37. The summed E-state index contributed by atoms with van der Waals surface area (Å²) in [6.45, 7) is 1.85. The molecule has 2 aromatic heterocycles. The van der Waals surface area contributed by atoms with Gasteiger partial charge in [-0.2, -0.15) is 0 Å². The van der Waals surface area contributed by atoms with Crippen molar-refractivity contribution in [1.82, 2.24) is 19.9 Å². The van der Waals surface area contributed by atoms with Gasteiger partial charge in [-0.25, -0.2) is 24.7 Å². The quantitative estimate of drug-likeness (QED) is 0.717. The first-order valence-electron chi connectivity index (χ1n) is 4.89. The van der Waals surface area contributed by atoms with Gasteiger partial charge in [-0.3, -0.25) is 0 Å². The number of hydrogen-bond acceptors (Lipinski definition) is 6. The summed E-state index contributed by atoms with van der Waals surface area (Å²) in [6.07, 6.45) is 6.26. The van der Waals surface area contributed by atoms with E-state index in [1.165, 1.54) is 13.4 Å². The van der Waals surface area contributed by atoms with E-state index in [-0.39, 0.29) is 5.82 Å². The number of aryl methyl sites for hydroxylation is 1. The van der Waals surface area contributed by atoms with Crippen LogP contribution in [0.4, 0.5) is 0 Å². The first-order chi connectivity index (χ1) is 8.22. The van der Waals surface area contributed by atoms with E-state index in [0.29, 0.717) is 5.69 Å². The fraction of sp³-hybridized carbons (Fsp3) is 0.182. The van der Waals surface area contributed by atoms with Gasteiger partial charge in [-0.05, 0) is 12.5 Å². The third kappa shape index (κ3) is 2.25. The summed E-state index contributed by atoms with van der Waals surface area (Å²) < 4.78 is 4.57. The summed E-state index contributed by atoms with van der Waals surface area (Å²) in [5.74, 6) is -0.542. The van der Waals surface area contributed by atoms with Crippen LogP contribution in [0.5, 0.6) is 0 Å². The topological polar surface area (TPSA) is 77.9 Å². The van der Waals surface area contributed by atoms with Gasteiger partial charge in [0.1, 0.15) is 6.33 Å². The summed E-state index contributed by atoms with van der Waals surface area (Å²) in [7, 11) is 1.29. The van der Waals surface area contributed by atoms with Crippen molar-refractivity contribution in [3.63, 3.8) is 0 Å². The van der Waals surface area contributed by atoms with E-state index in [4.69, 9.17) is 0 Å². The summed E-state index contributed by atoms with van der Waals surface area (Å²) in [5, 5.41) is 0. The summed E-state index contributed by atoms with van der Waals surface area (Å²) in [4.78, 5) is 27.2. The summed E-state index contributed by atoms with van der Waals surface area (Å²) >= 11 is 0. The molecule has 86 valence electrons. The number of carbonyl (C=O) groups is 1. The molecular weight excluding hydrogens is 220 g/mol. The smallest absolute Gasteiger partial charge is 0.376 e. The van der Waals surface area contributed by atoms with E-state index < -0.39 is 5.97 Å². The Morgan fingerprint density at radius 2 is 1.94 bits per heavy atom. The lowest BCUT2D eigenvalue weighted by atomic mass is 10.1. The number of hydrogen-bond donors (Lipinski definition) is 0. The summed E-state index contributed by atoms with van der Waals surface area (Å²) in [6, 6.07) is 0. The molecule has 0 fully saturated rings. The lowest BCUT2D eigenvalue weighted by Gasteiger charge is -2.05. The average molecular weight is 230 g/mol. The molecule has 6 heteroatoms. The lowest BCUT2D eigenvalue weighted by Crippen LogP contribution is -2.08. The zero-order valence-corrected chi connectivity index (χ0v) is 9.41. The largest absolute Gasteiger partial charge is 0.463 e. The molecule has 0 aliphatic heterocycles. The maximum absolute atomic E-state index is 11.3. The van der Waals surface area contributed by atoms with Crippen molar-refractivity contribution in [2.75, 3.05) is 7.11 Å². The van der Waals surface area contributed by atoms with Gasteiger partial charge in [0.25, 0.3) is 0 Å². The predicted octanol–water partition coefficient (Wildman–Crippen LogP) is 1.03. The molecule has 0 bridgehead atoms. The second kappa shape index (κ2) is 4.65. The number of methoxy groups -OCH3 is 1. The Morgan fingerprint density at radius 3 is 2.59 bits per heavy atom. The Labute approximate surface area is 97.7 Å². The van der Waals surface area contributed by atoms with Crippen LogP contribution in [0.15, 0.2) is 24.9 Å². The molecule has 0 amide bonds. The molecule has 0 atom stereocenters. The molecule has 6 nitrogen and oxygen atoms in total. The Bertz CT molecular complexity index is 542. The molecule has 0 saturated heterocycles. The highest BCUT2D eigenvalue weighted by atomic mass is 16.5. The van der Waals surface area contributed by atoms with Gasteiger partial charge in [0, 0.05) is 24.2 Å². The van der Waals surface area contributed by atoms with Crippen LogP contribution in [-0.2, 0) is 4.74 Å². The molecule has 0 N–H and O–H groups in total. The second-order valence-electron chi connectivity index (χ2n) is 3.34. The molecule has 0 aromatic carbocycles. The zero-order chi connectivity index (χ0) is 12.3. The number of rotatable bonds is 2. The SMILES string of the molecule is COC(=O)c1ncc(C)c(-c2cncnc2)n1. The van der Waals surface area contributed by atoms with Crippen molar-refractivity contribution in [2.24, 2.45) is 0 Å². The van der Waals surface area contributed by atoms with Gasteiger partial charge >= 0.3 is 5.97 Å². The zero-order valence-electron chi connectivity index (χ0n) is 9.41. The maximum atomic E-state index is 11.3. The number of esters is 1. The molecule has 2 rings (SSSR count). The molecule has 0 aliphatic carbocycles.